The smallest absolute Gasteiger partial charge is 0.406 e. The Labute approximate surface area is 154 Å². The van der Waals surface area contributed by atoms with Gasteiger partial charge >= 0.3 is 6.36 Å². The zero-order valence-electron chi connectivity index (χ0n) is 14.0. The average molecular weight is 389 g/mol. The molecule has 4 rings (SSSR count). The third-order valence-corrected chi connectivity index (χ3v) is 4.02. The number of benzene rings is 2. The Bertz CT molecular complexity index is 1210. The number of pyridine rings is 1. The molecule has 0 radical (unpaired) electrons. The molecule has 0 bridgehead atoms. The number of ether oxygens (including phenoxy) is 1. The molecule has 0 saturated carbocycles. The molecule has 0 unspecified atom stereocenters. The predicted octanol–water partition coefficient (Wildman–Crippen LogP) is 4.42. The Morgan fingerprint density at radius 1 is 1.04 bits per heavy atom. The van der Waals surface area contributed by atoms with E-state index in [-0.39, 0.29) is 11.1 Å². The number of alkyl halides is 3. The molecule has 5 nitrogen and oxygen atoms in total. The molecule has 0 fully saturated rings. The third-order valence-electron chi connectivity index (χ3n) is 4.02. The molecule has 0 saturated heterocycles. The summed E-state index contributed by atoms with van der Waals surface area (Å²) in [6.07, 6.45) is -3.36. The highest BCUT2D eigenvalue weighted by Crippen LogP contribution is 2.31. The fraction of sp³-hybridized carbons (Fsp3) is 0.0526. The number of halogens is 4. The lowest BCUT2D eigenvalue weighted by atomic mass is 10.1. The lowest BCUT2D eigenvalue weighted by Crippen LogP contribution is -2.17. The largest absolute Gasteiger partial charge is 0.573 e. The standard InChI is InChI=1S/C19H11F4N3O2/c20-15-3-1-2-14-17(11-8-9-24-16(27)10-11)25-26(18(14)15)12-4-6-13(7-5-12)28-19(21,22)23/h1-10H,(H,24,27). The van der Waals surface area contributed by atoms with Crippen LogP contribution in [0.1, 0.15) is 0 Å². The van der Waals surface area contributed by atoms with Crippen LogP contribution in [0.25, 0.3) is 27.8 Å². The average Bonchev–Trinajstić information content (AvgIpc) is 3.02. The van der Waals surface area contributed by atoms with Gasteiger partial charge in [0, 0.05) is 23.2 Å². The van der Waals surface area contributed by atoms with Gasteiger partial charge in [0.05, 0.1) is 5.69 Å². The summed E-state index contributed by atoms with van der Waals surface area (Å²) >= 11 is 0. The molecule has 0 atom stereocenters. The van der Waals surface area contributed by atoms with Gasteiger partial charge in [-0.1, -0.05) is 12.1 Å². The molecule has 9 heteroatoms. The summed E-state index contributed by atoms with van der Waals surface area (Å²) in [5, 5.41) is 4.86. The van der Waals surface area contributed by atoms with Crippen molar-refractivity contribution in [3.63, 3.8) is 0 Å². The van der Waals surface area contributed by atoms with Gasteiger partial charge in [0.25, 0.3) is 0 Å². The molecule has 2 heterocycles. The summed E-state index contributed by atoms with van der Waals surface area (Å²) in [5.41, 5.74) is 0.986. The fourth-order valence-electron chi connectivity index (χ4n) is 2.91. The van der Waals surface area contributed by atoms with Crippen molar-refractivity contribution in [3.05, 3.63) is 77.0 Å². The minimum absolute atomic E-state index is 0.141. The van der Waals surface area contributed by atoms with E-state index in [1.165, 1.54) is 41.2 Å². The van der Waals surface area contributed by atoms with E-state index in [9.17, 15) is 22.4 Å². The summed E-state index contributed by atoms with van der Waals surface area (Å²) in [6.45, 7) is 0. The third kappa shape index (κ3) is 3.34. The maximum Gasteiger partial charge on any atom is 0.573 e. The summed E-state index contributed by atoms with van der Waals surface area (Å²) in [5.74, 6) is -0.959. The molecular weight excluding hydrogens is 378 g/mol. The number of rotatable bonds is 3. The Morgan fingerprint density at radius 2 is 1.79 bits per heavy atom. The maximum absolute atomic E-state index is 14.5. The quantitative estimate of drug-likeness (QED) is 0.528. The first-order valence-corrected chi connectivity index (χ1v) is 8.04. The second kappa shape index (κ2) is 6.52. The fourth-order valence-corrected chi connectivity index (χ4v) is 2.91. The number of H-pyrrole nitrogens is 1. The molecule has 0 spiro atoms. The van der Waals surface area contributed by atoms with E-state index < -0.39 is 17.9 Å². The molecule has 1 N–H and O–H groups in total. The summed E-state index contributed by atoms with van der Waals surface area (Å²) < 4.78 is 56.7. The number of fused-ring (bicyclic) bond motifs is 1. The predicted molar refractivity (Wildman–Crippen MR) is 93.8 cm³/mol. The van der Waals surface area contributed by atoms with Crippen molar-refractivity contribution in [2.45, 2.75) is 6.36 Å². The van der Waals surface area contributed by atoms with Gasteiger partial charge in [-0.3, -0.25) is 4.79 Å². The number of aromatic amines is 1. The van der Waals surface area contributed by atoms with Crippen molar-refractivity contribution >= 4 is 10.9 Å². The van der Waals surface area contributed by atoms with Gasteiger partial charge in [-0.2, -0.15) is 5.10 Å². The number of para-hydroxylation sites is 1. The zero-order valence-corrected chi connectivity index (χ0v) is 14.0. The monoisotopic (exact) mass is 389 g/mol. The highest BCUT2D eigenvalue weighted by Gasteiger charge is 2.31. The van der Waals surface area contributed by atoms with Crippen LogP contribution in [-0.4, -0.2) is 21.1 Å². The van der Waals surface area contributed by atoms with Crippen LogP contribution in [0.5, 0.6) is 5.75 Å². The molecule has 28 heavy (non-hydrogen) atoms. The molecular formula is C19H11F4N3O2. The van der Waals surface area contributed by atoms with Crippen molar-refractivity contribution in [2.24, 2.45) is 0 Å². The van der Waals surface area contributed by atoms with E-state index in [4.69, 9.17) is 0 Å². The van der Waals surface area contributed by atoms with Crippen LogP contribution in [0.15, 0.2) is 65.6 Å². The lowest BCUT2D eigenvalue weighted by molar-refractivity contribution is -0.274. The summed E-state index contributed by atoms with van der Waals surface area (Å²) in [6, 6.07) is 12.3. The highest BCUT2D eigenvalue weighted by atomic mass is 19.4. The van der Waals surface area contributed by atoms with Crippen LogP contribution in [0.2, 0.25) is 0 Å². The van der Waals surface area contributed by atoms with Crippen molar-refractivity contribution < 1.29 is 22.3 Å². The van der Waals surface area contributed by atoms with E-state index in [1.54, 1.807) is 12.1 Å². The van der Waals surface area contributed by atoms with E-state index in [0.717, 1.165) is 12.1 Å². The number of hydrogen-bond acceptors (Lipinski definition) is 3. The van der Waals surface area contributed by atoms with E-state index in [2.05, 4.69) is 14.8 Å². The van der Waals surface area contributed by atoms with Crippen LogP contribution in [-0.2, 0) is 0 Å². The molecule has 0 aliphatic heterocycles. The van der Waals surface area contributed by atoms with Gasteiger partial charge in [0.2, 0.25) is 5.56 Å². The molecule has 2 aromatic carbocycles. The van der Waals surface area contributed by atoms with Gasteiger partial charge in [-0.25, -0.2) is 9.07 Å². The highest BCUT2D eigenvalue weighted by molar-refractivity contribution is 5.94. The van der Waals surface area contributed by atoms with Crippen LogP contribution in [0.4, 0.5) is 17.6 Å². The van der Waals surface area contributed by atoms with Gasteiger partial charge in [0.15, 0.2) is 0 Å². The van der Waals surface area contributed by atoms with Gasteiger partial charge in [-0.05, 0) is 36.4 Å². The molecule has 2 aromatic heterocycles. The van der Waals surface area contributed by atoms with Gasteiger partial charge in [-0.15, -0.1) is 13.2 Å². The van der Waals surface area contributed by atoms with E-state index in [0.29, 0.717) is 22.3 Å². The van der Waals surface area contributed by atoms with Crippen LogP contribution >= 0.6 is 0 Å². The van der Waals surface area contributed by atoms with Crippen molar-refractivity contribution in [2.75, 3.05) is 0 Å². The van der Waals surface area contributed by atoms with Crippen molar-refractivity contribution in [1.29, 1.82) is 0 Å². The first-order chi connectivity index (χ1) is 13.3. The van der Waals surface area contributed by atoms with E-state index in [1.807, 2.05) is 0 Å². The van der Waals surface area contributed by atoms with Gasteiger partial charge in [0.1, 0.15) is 22.8 Å². The van der Waals surface area contributed by atoms with Gasteiger partial charge < -0.3 is 9.72 Å². The Hall–Kier alpha value is -3.62. The second-order valence-electron chi connectivity index (χ2n) is 5.88. The molecule has 0 aliphatic rings. The normalized spacial score (nSPS) is 11.7. The molecule has 4 aromatic rings. The second-order valence-corrected chi connectivity index (χ2v) is 5.88. The summed E-state index contributed by atoms with van der Waals surface area (Å²) in [4.78, 5) is 14.1. The first-order valence-electron chi connectivity index (χ1n) is 8.04. The minimum atomic E-state index is -4.81. The van der Waals surface area contributed by atoms with Crippen molar-refractivity contribution in [3.8, 4) is 22.7 Å². The van der Waals surface area contributed by atoms with Crippen molar-refractivity contribution in [1.82, 2.24) is 14.8 Å². The number of nitrogens with zero attached hydrogens (tertiary/aromatic N) is 2. The maximum atomic E-state index is 14.5. The van der Waals surface area contributed by atoms with Crippen LogP contribution in [0.3, 0.4) is 0 Å². The topological polar surface area (TPSA) is 59.9 Å². The minimum Gasteiger partial charge on any atom is -0.406 e. The molecule has 142 valence electrons. The Balaban J connectivity index is 1.87. The Morgan fingerprint density at radius 3 is 2.46 bits per heavy atom. The molecule has 0 amide bonds. The number of hydrogen-bond donors (Lipinski definition) is 1. The number of nitrogens with one attached hydrogen (secondary N) is 1. The van der Waals surface area contributed by atoms with E-state index >= 15 is 0 Å². The zero-order chi connectivity index (χ0) is 19.9. The number of aromatic nitrogens is 3. The van der Waals surface area contributed by atoms with Crippen LogP contribution in [0, 0.1) is 5.82 Å². The summed E-state index contributed by atoms with van der Waals surface area (Å²) in [7, 11) is 0. The SMILES string of the molecule is O=c1cc(-c2nn(-c3ccc(OC(F)(F)F)cc3)c3c(F)cccc23)cc[nH]1. The van der Waals surface area contributed by atoms with Crippen LogP contribution < -0.4 is 10.3 Å². The molecule has 0 aliphatic carbocycles. The lowest BCUT2D eigenvalue weighted by Gasteiger charge is -2.09. The first kappa shape index (κ1) is 17.8. The Kier molecular flexibility index (Phi) is 4.14.